The highest BCUT2D eigenvalue weighted by molar-refractivity contribution is 5.81. The molecular weight excluding hydrogens is 652 g/mol. The van der Waals surface area contributed by atoms with Crippen LogP contribution in [0.2, 0.25) is 0 Å². The first-order valence-electron chi connectivity index (χ1n) is 15.9. The van der Waals surface area contributed by atoms with Gasteiger partial charge in [-0.05, 0) is 19.1 Å². The number of hydrogen-bond acceptors (Lipinski definition) is 14. The molecule has 0 spiro atoms. The highest BCUT2D eigenvalue weighted by atomic mass is 16.5. The van der Waals surface area contributed by atoms with Crippen LogP contribution in [0.1, 0.15) is 42.2 Å². The number of aromatic nitrogens is 7. The largest absolute Gasteiger partial charge is 0.394 e. The number of rotatable bonds is 8. The minimum atomic E-state index is -0.985. The van der Waals surface area contributed by atoms with Crippen LogP contribution in [0.5, 0.6) is 0 Å². The van der Waals surface area contributed by atoms with E-state index in [1.807, 2.05) is 0 Å². The smallest absolute Gasteiger partial charge is 0.333 e. The summed E-state index contributed by atoms with van der Waals surface area (Å²) in [6, 6.07) is 8.84. The van der Waals surface area contributed by atoms with Crippen molar-refractivity contribution in [2.75, 3.05) is 18.9 Å². The van der Waals surface area contributed by atoms with Crippen LogP contribution < -0.4 is 17.0 Å². The summed E-state index contributed by atoms with van der Waals surface area (Å²) >= 11 is 0. The highest BCUT2D eigenvalue weighted by Gasteiger charge is 2.44. The van der Waals surface area contributed by atoms with Gasteiger partial charge in [0, 0.05) is 47.7 Å². The van der Waals surface area contributed by atoms with Gasteiger partial charge >= 0.3 is 5.69 Å². The first-order valence-corrected chi connectivity index (χ1v) is 15.9. The van der Waals surface area contributed by atoms with Crippen molar-refractivity contribution in [1.82, 2.24) is 33.8 Å². The minimum Gasteiger partial charge on any atom is -0.394 e. The fourth-order valence-corrected chi connectivity index (χ4v) is 6.33. The lowest BCUT2D eigenvalue weighted by Gasteiger charge is -2.19. The molecule has 50 heavy (non-hydrogen) atoms. The molecule has 7 atom stereocenters. The molecule has 6 heterocycles. The third-order valence-electron chi connectivity index (χ3n) is 9.03. The fourth-order valence-electron chi connectivity index (χ4n) is 6.33. The van der Waals surface area contributed by atoms with E-state index in [1.165, 1.54) is 23.4 Å². The summed E-state index contributed by atoms with van der Waals surface area (Å²) in [6.45, 7) is 0.617. The summed E-state index contributed by atoms with van der Waals surface area (Å²) in [5, 5.41) is 44.4. The number of hydrogen-bond donors (Lipinski definition) is 5. The minimum absolute atomic E-state index is 0.0892. The monoisotopic (exact) mass is 686 g/mol. The lowest BCUT2D eigenvalue weighted by Crippen LogP contribution is -2.42. The summed E-state index contributed by atoms with van der Waals surface area (Å²) in [4.78, 5) is 38.7. The van der Waals surface area contributed by atoms with E-state index in [-0.39, 0.29) is 37.6 Å². The second kappa shape index (κ2) is 13.6. The number of nitrogens with two attached hydrogens (primary N) is 1. The van der Waals surface area contributed by atoms with E-state index < -0.39 is 60.6 Å². The standard InChI is InChI=1S/C33H34N8O9/c1-17-11-39(26-10-23(44)24(13-42)48-26)33(47)40(31(17)46)12-20-9-22(38-50-20)19-7-5-18(6-8-19)3-2-4-21-28(45)25(14-43)49-32(21)41-16-37-27-29(34)35-15-36-30(27)41/h5-9,11,15-16,21,23-26,28,32,42-45H,4,10,12-14H2,1H3,(H2,34,35,36)/t21-,23+,24-,25-,26-,28+,32-/m1/s1. The molecule has 7 rings (SSSR count). The summed E-state index contributed by atoms with van der Waals surface area (Å²) < 4.78 is 21.0. The van der Waals surface area contributed by atoms with Crippen molar-refractivity contribution in [1.29, 1.82) is 0 Å². The maximum Gasteiger partial charge on any atom is 0.333 e. The average Bonchev–Trinajstić information content (AvgIpc) is 3.91. The molecule has 6 N–H and O–H groups in total. The molecule has 0 amide bonds. The number of aliphatic hydroxyl groups excluding tert-OH is 4. The van der Waals surface area contributed by atoms with Crippen LogP contribution in [0.25, 0.3) is 22.4 Å². The molecule has 2 aliphatic rings. The van der Waals surface area contributed by atoms with E-state index in [9.17, 15) is 30.0 Å². The van der Waals surface area contributed by atoms with Crippen molar-refractivity contribution in [2.45, 2.75) is 63.2 Å². The predicted octanol–water partition coefficient (Wildman–Crippen LogP) is -0.307. The number of benzene rings is 1. The molecule has 0 unspecified atom stereocenters. The van der Waals surface area contributed by atoms with Gasteiger partial charge < -0.3 is 40.2 Å². The molecule has 17 heteroatoms. The van der Waals surface area contributed by atoms with Gasteiger partial charge in [0.2, 0.25) is 0 Å². The molecule has 0 radical (unpaired) electrons. The van der Waals surface area contributed by atoms with Gasteiger partial charge in [0.15, 0.2) is 17.2 Å². The number of imidazole rings is 1. The zero-order chi connectivity index (χ0) is 35.1. The molecule has 4 aromatic heterocycles. The molecule has 0 bridgehead atoms. The zero-order valence-electron chi connectivity index (χ0n) is 26.7. The first kappa shape index (κ1) is 33.3. The maximum absolute atomic E-state index is 13.3. The number of nitrogens with zero attached hydrogens (tertiary/aromatic N) is 7. The Balaban J connectivity index is 1.05. The summed E-state index contributed by atoms with van der Waals surface area (Å²) in [5.41, 5.74) is 7.81. The number of anilines is 1. The lowest BCUT2D eigenvalue weighted by atomic mass is 9.96. The Morgan fingerprint density at radius 3 is 2.54 bits per heavy atom. The number of nitrogen functional groups attached to an aromatic ring is 1. The van der Waals surface area contributed by atoms with Crippen LogP contribution in [-0.2, 0) is 16.0 Å². The first-order chi connectivity index (χ1) is 24.2. The quantitative estimate of drug-likeness (QED) is 0.132. The van der Waals surface area contributed by atoms with Crippen molar-refractivity contribution in [3.63, 3.8) is 0 Å². The highest BCUT2D eigenvalue weighted by Crippen LogP contribution is 2.38. The van der Waals surface area contributed by atoms with Gasteiger partial charge in [0.05, 0.1) is 38.3 Å². The van der Waals surface area contributed by atoms with E-state index in [1.54, 1.807) is 41.8 Å². The molecule has 0 aliphatic carbocycles. The van der Waals surface area contributed by atoms with E-state index in [0.717, 1.165) is 4.57 Å². The maximum atomic E-state index is 13.3. The Morgan fingerprint density at radius 1 is 1.02 bits per heavy atom. The van der Waals surface area contributed by atoms with Crippen molar-refractivity contribution < 1.29 is 34.4 Å². The number of ether oxygens (including phenoxy) is 2. The zero-order valence-corrected chi connectivity index (χ0v) is 26.7. The van der Waals surface area contributed by atoms with Crippen LogP contribution in [0.3, 0.4) is 0 Å². The Labute approximate surface area is 283 Å². The molecule has 2 fully saturated rings. The second-order valence-corrected chi connectivity index (χ2v) is 12.3. The SMILES string of the molecule is Cc1cn([C@H]2C[C@H](O)[C@@H](CO)O2)c(=O)n(Cc2cc(-c3ccc(C#CC[C@@H]4[C@H](O)[C@@H](CO)O[C@H]4n4cnc5c(N)ncnc54)cc3)no2)c1=O. The van der Waals surface area contributed by atoms with E-state index in [2.05, 4.69) is 31.9 Å². The van der Waals surface area contributed by atoms with Gasteiger partial charge in [-0.15, -0.1) is 0 Å². The van der Waals surface area contributed by atoms with Gasteiger partial charge in [-0.2, -0.15) is 0 Å². The number of fused-ring (bicyclic) bond motifs is 1. The normalized spacial score (nSPS) is 24.9. The van der Waals surface area contributed by atoms with Gasteiger partial charge in [-0.1, -0.05) is 29.1 Å². The number of aryl methyl sites for hydroxylation is 1. The Hall–Kier alpha value is -5.22. The van der Waals surface area contributed by atoms with Crippen molar-refractivity contribution in [3.05, 3.63) is 86.9 Å². The third kappa shape index (κ3) is 6.08. The number of aliphatic hydroxyl groups is 4. The molecule has 2 aliphatic heterocycles. The summed E-state index contributed by atoms with van der Waals surface area (Å²) in [6.07, 6.45) is -0.546. The topological polar surface area (TPSA) is 239 Å². The Morgan fingerprint density at radius 2 is 1.80 bits per heavy atom. The van der Waals surface area contributed by atoms with Crippen LogP contribution >= 0.6 is 0 Å². The fraction of sp³-hybridized carbons (Fsp3) is 0.394. The molecule has 0 saturated carbocycles. The van der Waals surface area contributed by atoms with Crippen LogP contribution in [0.15, 0.2) is 63.3 Å². The van der Waals surface area contributed by atoms with Gasteiger partial charge in [0.1, 0.15) is 42.2 Å². The van der Waals surface area contributed by atoms with Crippen LogP contribution in [0.4, 0.5) is 5.82 Å². The predicted molar refractivity (Wildman–Crippen MR) is 174 cm³/mol. The molecule has 5 aromatic rings. The van der Waals surface area contributed by atoms with Crippen molar-refractivity contribution in [2.24, 2.45) is 5.92 Å². The Bertz CT molecular complexity index is 2200. The van der Waals surface area contributed by atoms with E-state index in [0.29, 0.717) is 33.5 Å². The molecule has 17 nitrogen and oxygen atoms in total. The summed E-state index contributed by atoms with van der Waals surface area (Å²) in [5.74, 6) is 6.20. The molecular formula is C33H34N8O9. The van der Waals surface area contributed by atoms with Crippen LogP contribution in [0, 0.1) is 24.7 Å². The van der Waals surface area contributed by atoms with E-state index >= 15 is 0 Å². The average molecular weight is 687 g/mol. The molecule has 2 saturated heterocycles. The van der Waals surface area contributed by atoms with Crippen molar-refractivity contribution in [3.8, 4) is 23.1 Å². The second-order valence-electron chi connectivity index (χ2n) is 12.3. The summed E-state index contributed by atoms with van der Waals surface area (Å²) in [7, 11) is 0. The Kier molecular flexibility index (Phi) is 9.05. The van der Waals surface area contributed by atoms with Gasteiger partial charge in [-0.25, -0.2) is 19.7 Å². The van der Waals surface area contributed by atoms with E-state index in [4.69, 9.17) is 19.7 Å². The van der Waals surface area contributed by atoms with Crippen LogP contribution in [-0.4, -0.2) is 91.9 Å². The lowest BCUT2D eigenvalue weighted by molar-refractivity contribution is -0.0463. The van der Waals surface area contributed by atoms with Gasteiger partial charge in [0.25, 0.3) is 5.56 Å². The van der Waals surface area contributed by atoms with Crippen molar-refractivity contribution >= 4 is 17.0 Å². The molecule has 260 valence electrons. The van der Waals surface area contributed by atoms with Gasteiger partial charge in [-0.3, -0.25) is 18.5 Å². The third-order valence-corrected chi connectivity index (χ3v) is 9.03. The molecule has 1 aromatic carbocycles.